The van der Waals surface area contributed by atoms with E-state index in [1.54, 1.807) is 29.2 Å². The van der Waals surface area contributed by atoms with Crippen molar-refractivity contribution in [1.29, 1.82) is 0 Å². The maximum Gasteiger partial charge on any atom is 0.254 e. The molecule has 98 valence electrons. The third kappa shape index (κ3) is 2.08. The number of amides is 1. The zero-order valence-corrected chi connectivity index (χ0v) is 10.5. The summed E-state index contributed by atoms with van der Waals surface area (Å²) in [5.41, 5.74) is 6.37. The fourth-order valence-electron chi connectivity index (χ4n) is 2.59. The first-order valence-electron chi connectivity index (χ1n) is 6.39. The highest BCUT2D eigenvalue weighted by atomic mass is 19.1. The zero-order chi connectivity index (χ0) is 13.4. The molecule has 0 aromatic heterocycles. The van der Waals surface area contributed by atoms with Gasteiger partial charge in [-0.1, -0.05) is 24.3 Å². The molecule has 1 atom stereocenters. The summed E-state index contributed by atoms with van der Waals surface area (Å²) in [5.74, 6) is -0.366. The van der Waals surface area contributed by atoms with E-state index in [2.05, 4.69) is 0 Å². The van der Waals surface area contributed by atoms with E-state index in [0.29, 0.717) is 29.4 Å². The molecule has 2 aromatic carbocycles. The van der Waals surface area contributed by atoms with Gasteiger partial charge in [-0.3, -0.25) is 4.79 Å². The lowest BCUT2D eigenvalue weighted by Gasteiger charge is -2.17. The molecule has 1 saturated heterocycles. The molecule has 2 N–H and O–H groups in total. The van der Waals surface area contributed by atoms with Crippen molar-refractivity contribution in [2.24, 2.45) is 5.73 Å². The van der Waals surface area contributed by atoms with Crippen molar-refractivity contribution < 1.29 is 9.18 Å². The first-order valence-corrected chi connectivity index (χ1v) is 6.39. The third-order valence-corrected chi connectivity index (χ3v) is 3.61. The molecule has 0 bridgehead atoms. The van der Waals surface area contributed by atoms with Crippen LogP contribution in [0.4, 0.5) is 4.39 Å². The fourth-order valence-corrected chi connectivity index (χ4v) is 2.59. The monoisotopic (exact) mass is 258 g/mol. The number of hydrogen-bond donors (Lipinski definition) is 1. The Labute approximate surface area is 110 Å². The highest BCUT2D eigenvalue weighted by Gasteiger charge is 2.25. The molecular formula is C15H15FN2O. The molecule has 2 aromatic rings. The third-order valence-electron chi connectivity index (χ3n) is 3.61. The molecule has 3 nitrogen and oxygen atoms in total. The van der Waals surface area contributed by atoms with Gasteiger partial charge in [0, 0.05) is 30.1 Å². The van der Waals surface area contributed by atoms with Crippen LogP contribution in [0.2, 0.25) is 0 Å². The van der Waals surface area contributed by atoms with E-state index in [-0.39, 0.29) is 17.8 Å². The maximum atomic E-state index is 13.7. The number of rotatable bonds is 1. The summed E-state index contributed by atoms with van der Waals surface area (Å²) >= 11 is 0. The first-order chi connectivity index (χ1) is 9.16. The molecule has 1 fully saturated rings. The SMILES string of the molecule is N[C@@H]1CCN(C(=O)c2ccc(F)c3ccccc23)C1. The molecule has 0 radical (unpaired) electrons. The lowest BCUT2D eigenvalue weighted by molar-refractivity contribution is 0.0793. The number of carbonyl (C=O) groups is 1. The summed E-state index contributed by atoms with van der Waals surface area (Å²) in [5, 5.41) is 1.14. The minimum Gasteiger partial charge on any atom is -0.337 e. The van der Waals surface area contributed by atoms with Gasteiger partial charge in [-0.15, -0.1) is 0 Å². The number of likely N-dealkylation sites (tertiary alicyclic amines) is 1. The minimum atomic E-state index is -0.301. The van der Waals surface area contributed by atoms with Crippen LogP contribution in [-0.2, 0) is 0 Å². The van der Waals surface area contributed by atoms with Gasteiger partial charge in [0.1, 0.15) is 5.82 Å². The summed E-state index contributed by atoms with van der Waals surface area (Å²) < 4.78 is 13.7. The van der Waals surface area contributed by atoms with E-state index in [1.165, 1.54) is 6.07 Å². The van der Waals surface area contributed by atoms with E-state index in [0.717, 1.165) is 6.42 Å². The van der Waals surface area contributed by atoms with Crippen molar-refractivity contribution in [1.82, 2.24) is 4.90 Å². The van der Waals surface area contributed by atoms with E-state index in [1.807, 2.05) is 6.07 Å². The Morgan fingerprint density at radius 1 is 1.21 bits per heavy atom. The van der Waals surface area contributed by atoms with Crippen LogP contribution in [0.15, 0.2) is 36.4 Å². The molecular weight excluding hydrogens is 243 g/mol. The van der Waals surface area contributed by atoms with Crippen molar-refractivity contribution >= 4 is 16.7 Å². The second-order valence-corrected chi connectivity index (χ2v) is 4.94. The zero-order valence-electron chi connectivity index (χ0n) is 10.5. The second-order valence-electron chi connectivity index (χ2n) is 4.94. The predicted octanol–water partition coefficient (Wildman–Crippen LogP) is 2.15. The van der Waals surface area contributed by atoms with Crippen molar-refractivity contribution in [3.05, 3.63) is 47.8 Å². The van der Waals surface area contributed by atoms with Crippen LogP contribution < -0.4 is 5.73 Å². The van der Waals surface area contributed by atoms with Gasteiger partial charge in [0.2, 0.25) is 0 Å². The predicted molar refractivity (Wildman–Crippen MR) is 72.4 cm³/mol. The van der Waals surface area contributed by atoms with E-state index >= 15 is 0 Å². The summed E-state index contributed by atoms with van der Waals surface area (Å²) in [6, 6.07) is 10.0. The van der Waals surface area contributed by atoms with Gasteiger partial charge in [-0.25, -0.2) is 4.39 Å². The number of halogens is 1. The van der Waals surface area contributed by atoms with Gasteiger partial charge < -0.3 is 10.6 Å². The highest BCUT2D eigenvalue weighted by Crippen LogP contribution is 2.24. The molecule has 1 heterocycles. The smallest absolute Gasteiger partial charge is 0.254 e. The molecule has 1 aliphatic rings. The van der Waals surface area contributed by atoms with Crippen molar-refractivity contribution in [3.63, 3.8) is 0 Å². The van der Waals surface area contributed by atoms with Crippen LogP contribution in [0.3, 0.4) is 0 Å². The van der Waals surface area contributed by atoms with Crippen LogP contribution >= 0.6 is 0 Å². The van der Waals surface area contributed by atoms with Crippen molar-refractivity contribution in [2.45, 2.75) is 12.5 Å². The molecule has 3 rings (SSSR count). The minimum absolute atomic E-state index is 0.0515. The molecule has 0 aliphatic carbocycles. The summed E-state index contributed by atoms with van der Waals surface area (Å²) in [6.45, 7) is 1.25. The Kier molecular flexibility index (Phi) is 2.95. The Hall–Kier alpha value is -1.94. The molecule has 0 unspecified atom stereocenters. The molecule has 4 heteroatoms. The number of carbonyl (C=O) groups excluding carboxylic acids is 1. The van der Waals surface area contributed by atoms with Gasteiger partial charge >= 0.3 is 0 Å². The molecule has 1 amide bonds. The molecule has 0 saturated carbocycles. The van der Waals surface area contributed by atoms with Gasteiger partial charge in [0.15, 0.2) is 0 Å². The lowest BCUT2D eigenvalue weighted by Crippen LogP contribution is -2.32. The van der Waals surface area contributed by atoms with E-state index in [9.17, 15) is 9.18 Å². The number of fused-ring (bicyclic) bond motifs is 1. The van der Waals surface area contributed by atoms with E-state index < -0.39 is 0 Å². The van der Waals surface area contributed by atoms with Crippen molar-refractivity contribution in [3.8, 4) is 0 Å². The van der Waals surface area contributed by atoms with E-state index in [4.69, 9.17) is 5.73 Å². The first kappa shape index (κ1) is 12.1. The average molecular weight is 258 g/mol. The van der Waals surface area contributed by atoms with Crippen LogP contribution in [0.25, 0.3) is 10.8 Å². The topological polar surface area (TPSA) is 46.3 Å². The second kappa shape index (κ2) is 4.63. The Morgan fingerprint density at radius 3 is 2.63 bits per heavy atom. The Morgan fingerprint density at radius 2 is 1.95 bits per heavy atom. The Bertz CT molecular complexity index is 641. The molecule has 19 heavy (non-hydrogen) atoms. The standard InChI is InChI=1S/C15H15FN2O/c16-14-6-5-13(11-3-1-2-4-12(11)14)15(19)18-8-7-10(17)9-18/h1-6,10H,7-9,17H2/t10-/m1/s1. The van der Waals surface area contributed by atoms with Crippen LogP contribution in [0.1, 0.15) is 16.8 Å². The summed E-state index contributed by atoms with van der Waals surface area (Å²) in [4.78, 5) is 14.2. The van der Waals surface area contributed by atoms with Crippen LogP contribution in [0.5, 0.6) is 0 Å². The van der Waals surface area contributed by atoms with Gasteiger partial charge in [-0.05, 0) is 23.9 Å². The summed E-state index contributed by atoms with van der Waals surface area (Å²) in [6.07, 6.45) is 0.824. The van der Waals surface area contributed by atoms with Gasteiger partial charge in [0.25, 0.3) is 5.91 Å². The quantitative estimate of drug-likeness (QED) is 0.852. The van der Waals surface area contributed by atoms with Crippen LogP contribution in [-0.4, -0.2) is 29.9 Å². The largest absolute Gasteiger partial charge is 0.337 e. The molecule has 0 spiro atoms. The number of hydrogen-bond acceptors (Lipinski definition) is 2. The molecule has 1 aliphatic heterocycles. The van der Waals surface area contributed by atoms with Gasteiger partial charge in [0.05, 0.1) is 0 Å². The number of benzene rings is 2. The normalized spacial score (nSPS) is 19.1. The highest BCUT2D eigenvalue weighted by molar-refractivity contribution is 6.07. The van der Waals surface area contributed by atoms with Gasteiger partial charge in [-0.2, -0.15) is 0 Å². The maximum absolute atomic E-state index is 13.7. The number of nitrogens with zero attached hydrogens (tertiary/aromatic N) is 1. The Balaban J connectivity index is 2.06. The summed E-state index contributed by atoms with van der Waals surface area (Å²) in [7, 11) is 0. The number of nitrogens with two attached hydrogens (primary N) is 1. The fraction of sp³-hybridized carbons (Fsp3) is 0.267. The lowest BCUT2D eigenvalue weighted by atomic mass is 10.0. The van der Waals surface area contributed by atoms with Crippen molar-refractivity contribution in [2.75, 3.05) is 13.1 Å². The van der Waals surface area contributed by atoms with Crippen LogP contribution in [0, 0.1) is 5.82 Å². The average Bonchev–Trinajstić information content (AvgIpc) is 2.86.